The number of nitrogen functional groups attached to an aromatic ring is 1. The van der Waals surface area contributed by atoms with E-state index in [-0.39, 0.29) is 28.3 Å². The van der Waals surface area contributed by atoms with E-state index in [9.17, 15) is 9.59 Å². The quantitative estimate of drug-likeness (QED) is 0.336. The van der Waals surface area contributed by atoms with Crippen molar-refractivity contribution in [1.29, 1.82) is 0 Å². The van der Waals surface area contributed by atoms with Crippen molar-refractivity contribution in [2.45, 2.75) is 25.9 Å². The highest BCUT2D eigenvalue weighted by atomic mass is 35.5. The number of ether oxygens (including phenoxy) is 2. The molecular weight excluding hydrogens is 464 g/mol. The summed E-state index contributed by atoms with van der Waals surface area (Å²) in [6.45, 7) is 2.43. The molecule has 3 heterocycles. The summed E-state index contributed by atoms with van der Waals surface area (Å²) in [6, 6.07) is 4.80. The van der Waals surface area contributed by atoms with Crippen LogP contribution in [0.25, 0.3) is 16.6 Å². The van der Waals surface area contributed by atoms with Gasteiger partial charge in [-0.3, -0.25) is 9.48 Å². The van der Waals surface area contributed by atoms with E-state index in [0.29, 0.717) is 24.4 Å². The number of aromatic nitrogens is 5. The first kappa shape index (κ1) is 23.1. The Morgan fingerprint density at radius 1 is 1.24 bits per heavy atom. The molecule has 0 saturated carbocycles. The number of carbonyl (C=O) groups excluding carboxylic acids is 2. The number of nitrogens with zero attached hydrogens (tertiary/aromatic N) is 5. The number of rotatable bonds is 7. The number of imidazole rings is 1. The fourth-order valence-electron chi connectivity index (χ4n) is 3.46. The Balaban J connectivity index is 1.46. The van der Waals surface area contributed by atoms with Gasteiger partial charge in [0.2, 0.25) is 0 Å². The standard InChI is InChI=1S/C21H23ClN8O4/c1-11(4-5-29-14-7-13(23)16(33-3)6-12(14)9-26-29)27-20(31)15-10-25-19-17(34-21(32)24-2)8-18(22)28-30(15)19/h6-11H,4-5,23H2,1-3H3,(H,24,32)(H,27,31). The number of methoxy groups -OCH3 is 1. The molecule has 0 bridgehead atoms. The van der Waals surface area contributed by atoms with Crippen LogP contribution in [0.2, 0.25) is 5.15 Å². The number of fused-ring (bicyclic) bond motifs is 2. The molecule has 3 aromatic heterocycles. The number of carbonyl (C=O) groups is 2. The van der Waals surface area contributed by atoms with Crippen LogP contribution in [0.1, 0.15) is 23.8 Å². The molecule has 4 N–H and O–H groups in total. The number of nitrogens with two attached hydrogens (primary N) is 1. The monoisotopic (exact) mass is 486 g/mol. The highest BCUT2D eigenvalue weighted by molar-refractivity contribution is 6.29. The highest BCUT2D eigenvalue weighted by Crippen LogP contribution is 2.28. The van der Waals surface area contributed by atoms with Gasteiger partial charge in [-0.15, -0.1) is 0 Å². The molecule has 178 valence electrons. The van der Waals surface area contributed by atoms with E-state index in [1.165, 1.54) is 23.8 Å². The van der Waals surface area contributed by atoms with Gasteiger partial charge in [0.15, 0.2) is 22.2 Å². The zero-order chi connectivity index (χ0) is 24.4. The zero-order valence-electron chi connectivity index (χ0n) is 18.7. The van der Waals surface area contributed by atoms with E-state index in [1.807, 2.05) is 23.7 Å². The summed E-state index contributed by atoms with van der Waals surface area (Å²) in [5.41, 5.74) is 7.76. The number of aryl methyl sites for hydroxylation is 1. The Hall–Kier alpha value is -4.06. The van der Waals surface area contributed by atoms with E-state index < -0.39 is 12.0 Å². The van der Waals surface area contributed by atoms with Crippen LogP contribution in [-0.2, 0) is 6.54 Å². The molecular formula is C21H23ClN8O4. The Kier molecular flexibility index (Phi) is 6.41. The van der Waals surface area contributed by atoms with Crippen molar-refractivity contribution in [2.75, 3.05) is 19.9 Å². The van der Waals surface area contributed by atoms with Crippen LogP contribution in [0.15, 0.2) is 30.6 Å². The third-order valence-electron chi connectivity index (χ3n) is 5.19. The number of benzene rings is 1. The maximum atomic E-state index is 12.9. The van der Waals surface area contributed by atoms with Crippen molar-refractivity contribution in [3.63, 3.8) is 0 Å². The summed E-state index contributed by atoms with van der Waals surface area (Å²) in [7, 11) is 2.99. The van der Waals surface area contributed by atoms with E-state index in [4.69, 9.17) is 26.8 Å². The van der Waals surface area contributed by atoms with Gasteiger partial charge in [-0.25, -0.2) is 14.3 Å². The molecule has 34 heavy (non-hydrogen) atoms. The molecule has 0 radical (unpaired) electrons. The number of hydrogen-bond donors (Lipinski definition) is 3. The fourth-order valence-corrected chi connectivity index (χ4v) is 3.63. The second-order valence-electron chi connectivity index (χ2n) is 7.53. The van der Waals surface area contributed by atoms with Gasteiger partial charge in [0.25, 0.3) is 5.91 Å². The largest absolute Gasteiger partial charge is 0.495 e. The molecule has 1 atom stereocenters. The first-order valence-corrected chi connectivity index (χ1v) is 10.7. The van der Waals surface area contributed by atoms with E-state index in [0.717, 1.165) is 10.9 Å². The molecule has 0 aliphatic carbocycles. The lowest BCUT2D eigenvalue weighted by molar-refractivity contribution is 0.0930. The SMILES string of the molecule is CNC(=O)Oc1cc(Cl)nn2c(C(=O)NC(C)CCn3ncc4cc(OC)c(N)cc43)cnc12. The molecule has 1 unspecified atom stereocenters. The van der Waals surface area contributed by atoms with Crippen molar-refractivity contribution in [1.82, 2.24) is 35.0 Å². The third-order valence-corrected chi connectivity index (χ3v) is 5.37. The third kappa shape index (κ3) is 4.53. The summed E-state index contributed by atoms with van der Waals surface area (Å²) in [6.07, 6.45) is 2.99. The smallest absolute Gasteiger partial charge is 0.412 e. The average molecular weight is 487 g/mol. The number of nitrogens with one attached hydrogen (secondary N) is 2. The minimum Gasteiger partial charge on any atom is -0.495 e. The molecule has 0 aliphatic rings. The predicted molar refractivity (Wildman–Crippen MR) is 125 cm³/mol. The van der Waals surface area contributed by atoms with Crippen molar-refractivity contribution in [3.8, 4) is 11.5 Å². The summed E-state index contributed by atoms with van der Waals surface area (Å²) in [5.74, 6) is 0.270. The van der Waals surface area contributed by atoms with Gasteiger partial charge in [-0.1, -0.05) is 11.6 Å². The van der Waals surface area contributed by atoms with E-state index >= 15 is 0 Å². The average Bonchev–Trinajstić information content (AvgIpc) is 3.40. The van der Waals surface area contributed by atoms with Gasteiger partial charge < -0.3 is 25.8 Å². The lowest BCUT2D eigenvalue weighted by atomic mass is 10.2. The van der Waals surface area contributed by atoms with Crippen LogP contribution in [0, 0.1) is 0 Å². The van der Waals surface area contributed by atoms with E-state index in [2.05, 4.69) is 25.8 Å². The van der Waals surface area contributed by atoms with Crippen LogP contribution in [0.5, 0.6) is 11.5 Å². The van der Waals surface area contributed by atoms with Gasteiger partial charge in [0, 0.05) is 31.1 Å². The first-order chi connectivity index (χ1) is 16.3. The fraction of sp³-hybridized carbons (Fsp3) is 0.286. The number of hydrogen-bond acceptors (Lipinski definition) is 8. The maximum absolute atomic E-state index is 12.9. The Morgan fingerprint density at radius 3 is 2.76 bits per heavy atom. The van der Waals surface area contributed by atoms with Gasteiger partial charge >= 0.3 is 6.09 Å². The van der Waals surface area contributed by atoms with Crippen molar-refractivity contribution in [3.05, 3.63) is 41.4 Å². The minimum absolute atomic E-state index is 0.0352. The number of amides is 2. The molecule has 4 rings (SSSR count). The molecule has 0 saturated heterocycles. The van der Waals surface area contributed by atoms with Crippen LogP contribution < -0.4 is 25.8 Å². The van der Waals surface area contributed by atoms with Crippen molar-refractivity contribution in [2.24, 2.45) is 0 Å². The normalized spacial score (nSPS) is 12.0. The molecule has 0 aliphatic heterocycles. The zero-order valence-corrected chi connectivity index (χ0v) is 19.5. The first-order valence-electron chi connectivity index (χ1n) is 10.3. The number of halogens is 1. The van der Waals surface area contributed by atoms with Crippen LogP contribution in [-0.4, -0.2) is 56.6 Å². The molecule has 0 spiro atoms. The second kappa shape index (κ2) is 9.43. The summed E-state index contributed by atoms with van der Waals surface area (Å²) >= 11 is 6.04. The second-order valence-corrected chi connectivity index (χ2v) is 7.92. The molecule has 0 fully saturated rings. The molecule has 2 amide bonds. The van der Waals surface area contributed by atoms with Crippen LogP contribution in [0.4, 0.5) is 10.5 Å². The minimum atomic E-state index is -0.696. The molecule has 12 nitrogen and oxygen atoms in total. The lowest BCUT2D eigenvalue weighted by Gasteiger charge is -2.14. The summed E-state index contributed by atoms with van der Waals surface area (Å²) in [4.78, 5) is 28.6. The topological polar surface area (TPSA) is 151 Å². The van der Waals surface area contributed by atoms with Gasteiger partial charge in [-0.2, -0.15) is 10.2 Å². The Labute approximate surface area is 199 Å². The van der Waals surface area contributed by atoms with Crippen molar-refractivity contribution >= 4 is 45.8 Å². The molecule has 13 heteroatoms. The molecule has 1 aromatic carbocycles. The van der Waals surface area contributed by atoms with Crippen molar-refractivity contribution < 1.29 is 19.1 Å². The van der Waals surface area contributed by atoms with Crippen LogP contribution >= 0.6 is 11.6 Å². The van der Waals surface area contributed by atoms with Gasteiger partial charge in [0.1, 0.15) is 5.75 Å². The highest BCUT2D eigenvalue weighted by Gasteiger charge is 2.20. The Morgan fingerprint density at radius 2 is 2.03 bits per heavy atom. The lowest BCUT2D eigenvalue weighted by Crippen LogP contribution is -2.34. The Bertz CT molecular complexity index is 1380. The number of anilines is 1. The predicted octanol–water partition coefficient (Wildman–Crippen LogP) is 2.25. The van der Waals surface area contributed by atoms with Gasteiger partial charge in [0.05, 0.1) is 30.7 Å². The van der Waals surface area contributed by atoms with Gasteiger partial charge in [-0.05, 0) is 25.5 Å². The maximum Gasteiger partial charge on any atom is 0.412 e. The molecule has 4 aromatic rings. The summed E-state index contributed by atoms with van der Waals surface area (Å²) < 4.78 is 13.5. The van der Waals surface area contributed by atoms with E-state index in [1.54, 1.807) is 13.3 Å². The summed E-state index contributed by atoms with van der Waals surface area (Å²) in [5, 5.41) is 14.7. The van der Waals surface area contributed by atoms with Crippen LogP contribution in [0.3, 0.4) is 0 Å².